The number of hydrogen-bond donors (Lipinski definition) is 1. The molecule has 0 radical (unpaired) electrons. The minimum absolute atomic E-state index is 0.191. The molecule has 0 aromatic heterocycles. The first-order chi connectivity index (χ1) is 21.3. The van der Waals surface area contributed by atoms with Gasteiger partial charge in [-0.3, -0.25) is 9.10 Å². The molecule has 1 N–H and O–H groups in total. The van der Waals surface area contributed by atoms with Gasteiger partial charge < -0.3 is 9.47 Å². The third-order valence-corrected chi connectivity index (χ3v) is 8.89. The number of aryl methyl sites for hydroxylation is 2. The molecule has 0 aliphatic rings. The van der Waals surface area contributed by atoms with Gasteiger partial charge in [-0.05, 0) is 83.4 Å². The summed E-state index contributed by atoms with van der Waals surface area (Å²) in [4.78, 5) is 12.7. The van der Waals surface area contributed by atoms with Gasteiger partial charge in [-0.25, -0.2) is 13.8 Å². The van der Waals surface area contributed by atoms with Gasteiger partial charge in [-0.2, -0.15) is 18.3 Å². The summed E-state index contributed by atoms with van der Waals surface area (Å²) in [5, 5.41) is 3.92. The van der Waals surface area contributed by atoms with Crippen LogP contribution in [0.25, 0.3) is 0 Å². The van der Waals surface area contributed by atoms with E-state index in [2.05, 4.69) is 26.5 Å². The minimum Gasteiger partial charge on any atom is -0.493 e. The van der Waals surface area contributed by atoms with Gasteiger partial charge in [0.05, 0.1) is 33.9 Å². The van der Waals surface area contributed by atoms with Crippen molar-refractivity contribution in [1.29, 1.82) is 0 Å². The number of amides is 1. The van der Waals surface area contributed by atoms with E-state index in [1.54, 1.807) is 31.2 Å². The van der Waals surface area contributed by atoms with Crippen molar-refractivity contribution < 1.29 is 35.9 Å². The molecule has 4 aromatic rings. The molecule has 0 spiro atoms. The van der Waals surface area contributed by atoms with Crippen molar-refractivity contribution in [3.63, 3.8) is 0 Å². The van der Waals surface area contributed by atoms with E-state index in [0.717, 1.165) is 28.8 Å². The zero-order valence-electron chi connectivity index (χ0n) is 24.4. The normalized spacial score (nSPS) is 11.8. The van der Waals surface area contributed by atoms with Crippen LogP contribution in [-0.4, -0.2) is 34.2 Å². The number of alkyl halides is 3. The van der Waals surface area contributed by atoms with Crippen LogP contribution < -0.4 is 19.2 Å². The largest absolute Gasteiger partial charge is 0.493 e. The van der Waals surface area contributed by atoms with Crippen LogP contribution in [0.1, 0.15) is 27.8 Å². The van der Waals surface area contributed by atoms with E-state index in [1.165, 1.54) is 31.5 Å². The standard InChI is InChI=1S/C32H29BrF3N3O5S/c1-21-7-11-23(12-8-21)20-44-31-28(33)15-24(16-29(31)43-3)18-37-38-30(40)19-39(26-6-4-5-25(17-26)32(34,35)36)45(41,42)27-13-9-22(2)10-14-27/h4-18H,19-20H2,1-3H3,(H,38,40)/b37-18-. The quantitative estimate of drug-likeness (QED) is 0.134. The third kappa shape index (κ3) is 8.64. The second kappa shape index (κ2) is 14.2. The molecule has 1 amide bonds. The Labute approximate surface area is 267 Å². The van der Waals surface area contributed by atoms with Crippen LogP contribution in [0.5, 0.6) is 11.5 Å². The van der Waals surface area contributed by atoms with E-state index < -0.39 is 34.2 Å². The lowest BCUT2D eigenvalue weighted by atomic mass is 10.2. The summed E-state index contributed by atoms with van der Waals surface area (Å²) in [5.74, 6) is -0.0371. The van der Waals surface area contributed by atoms with Crippen molar-refractivity contribution in [3.8, 4) is 11.5 Å². The molecule has 13 heteroatoms. The summed E-state index contributed by atoms with van der Waals surface area (Å²) in [6.07, 6.45) is -3.42. The third-order valence-electron chi connectivity index (χ3n) is 6.52. The monoisotopic (exact) mass is 703 g/mol. The number of hydrazone groups is 1. The van der Waals surface area contributed by atoms with E-state index in [9.17, 15) is 26.4 Å². The van der Waals surface area contributed by atoms with Crippen LogP contribution in [0, 0.1) is 13.8 Å². The second-order valence-corrected chi connectivity index (χ2v) is 12.7. The summed E-state index contributed by atoms with van der Waals surface area (Å²) >= 11 is 3.46. The summed E-state index contributed by atoms with van der Waals surface area (Å²) in [5.41, 5.74) is 4.23. The van der Waals surface area contributed by atoms with Crippen LogP contribution >= 0.6 is 15.9 Å². The van der Waals surface area contributed by atoms with Crippen LogP contribution in [0.2, 0.25) is 0 Å². The van der Waals surface area contributed by atoms with Crippen molar-refractivity contribution in [1.82, 2.24) is 5.43 Å². The molecule has 0 fully saturated rings. The highest BCUT2D eigenvalue weighted by Gasteiger charge is 2.33. The van der Waals surface area contributed by atoms with Crippen molar-refractivity contribution in [2.75, 3.05) is 18.0 Å². The van der Waals surface area contributed by atoms with Crippen molar-refractivity contribution in [2.45, 2.75) is 31.5 Å². The van der Waals surface area contributed by atoms with E-state index in [4.69, 9.17) is 9.47 Å². The highest BCUT2D eigenvalue weighted by atomic mass is 79.9. The number of rotatable bonds is 11. The van der Waals surface area contributed by atoms with Crippen LogP contribution in [0.3, 0.4) is 0 Å². The zero-order valence-corrected chi connectivity index (χ0v) is 26.8. The van der Waals surface area contributed by atoms with Crippen molar-refractivity contribution in [2.24, 2.45) is 5.10 Å². The molecule has 0 bridgehead atoms. The molecule has 0 heterocycles. The van der Waals surface area contributed by atoms with Gasteiger partial charge in [0.25, 0.3) is 15.9 Å². The lowest BCUT2D eigenvalue weighted by Crippen LogP contribution is -2.39. The summed E-state index contributed by atoms with van der Waals surface area (Å²) in [6, 6.07) is 20.7. The molecule has 0 aliphatic heterocycles. The Hall–Kier alpha value is -4.36. The molecule has 8 nitrogen and oxygen atoms in total. The Kier molecular flexibility index (Phi) is 10.6. The summed E-state index contributed by atoms with van der Waals surface area (Å²) in [6.45, 7) is 3.21. The first kappa shape index (κ1) is 33.5. The Balaban J connectivity index is 1.53. The van der Waals surface area contributed by atoms with E-state index in [0.29, 0.717) is 38.5 Å². The van der Waals surface area contributed by atoms with Gasteiger partial charge in [0.15, 0.2) is 11.5 Å². The van der Waals surface area contributed by atoms with Crippen LogP contribution in [0.4, 0.5) is 18.9 Å². The molecule has 4 rings (SSSR count). The number of nitrogens with zero attached hydrogens (tertiary/aromatic N) is 2. The van der Waals surface area contributed by atoms with E-state index in [1.807, 2.05) is 31.2 Å². The molecular weight excluding hydrogens is 675 g/mol. The molecule has 0 atom stereocenters. The van der Waals surface area contributed by atoms with Crippen molar-refractivity contribution in [3.05, 3.63) is 117 Å². The number of anilines is 1. The van der Waals surface area contributed by atoms with E-state index in [-0.39, 0.29) is 10.6 Å². The number of nitrogens with one attached hydrogen (secondary N) is 1. The van der Waals surface area contributed by atoms with Crippen LogP contribution in [-0.2, 0) is 27.6 Å². The van der Waals surface area contributed by atoms with Gasteiger partial charge >= 0.3 is 6.18 Å². The molecule has 236 valence electrons. The number of ether oxygens (including phenoxy) is 2. The SMILES string of the molecule is COc1cc(/C=N\NC(=O)CN(c2cccc(C(F)(F)F)c2)S(=O)(=O)c2ccc(C)cc2)cc(Br)c1OCc1ccc(C)cc1. The number of carbonyl (C=O) groups is 1. The summed E-state index contributed by atoms with van der Waals surface area (Å²) < 4.78 is 80.0. The van der Waals surface area contributed by atoms with Gasteiger partial charge in [0.1, 0.15) is 13.2 Å². The average Bonchev–Trinajstić information content (AvgIpc) is 2.99. The number of hydrogen-bond acceptors (Lipinski definition) is 6. The van der Waals surface area contributed by atoms with Gasteiger partial charge in [0, 0.05) is 0 Å². The topological polar surface area (TPSA) is 97.3 Å². The first-order valence-corrected chi connectivity index (χ1v) is 15.7. The molecule has 0 unspecified atom stereocenters. The fourth-order valence-electron chi connectivity index (χ4n) is 4.13. The smallest absolute Gasteiger partial charge is 0.416 e. The first-order valence-electron chi connectivity index (χ1n) is 13.4. The molecule has 45 heavy (non-hydrogen) atoms. The number of halogens is 4. The fraction of sp³-hybridized carbons (Fsp3) is 0.188. The molecule has 0 aliphatic carbocycles. The predicted molar refractivity (Wildman–Crippen MR) is 169 cm³/mol. The predicted octanol–water partition coefficient (Wildman–Crippen LogP) is 7.02. The summed E-state index contributed by atoms with van der Waals surface area (Å²) in [7, 11) is -2.96. The number of sulfonamides is 1. The minimum atomic E-state index is -4.72. The Morgan fingerprint density at radius 3 is 2.24 bits per heavy atom. The molecular formula is C32H29BrF3N3O5S. The maximum Gasteiger partial charge on any atom is 0.416 e. The lowest BCUT2D eigenvalue weighted by molar-refractivity contribution is -0.137. The second-order valence-electron chi connectivity index (χ2n) is 9.97. The maximum absolute atomic E-state index is 13.5. The Bertz CT molecular complexity index is 1800. The highest BCUT2D eigenvalue weighted by Crippen LogP contribution is 2.37. The van der Waals surface area contributed by atoms with Crippen LogP contribution in [0.15, 0.2) is 99.4 Å². The highest BCUT2D eigenvalue weighted by molar-refractivity contribution is 9.10. The van der Waals surface area contributed by atoms with Gasteiger partial charge in [0.2, 0.25) is 0 Å². The van der Waals surface area contributed by atoms with Crippen molar-refractivity contribution >= 4 is 43.8 Å². The number of methoxy groups -OCH3 is 1. The van der Waals surface area contributed by atoms with Gasteiger partial charge in [-0.15, -0.1) is 0 Å². The average molecular weight is 705 g/mol. The maximum atomic E-state index is 13.5. The molecule has 4 aromatic carbocycles. The van der Waals surface area contributed by atoms with Gasteiger partial charge in [-0.1, -0.05) is 53.6 Å². The lowest BCUT2D eigenvalue weighted by Gasteiger charge is -2.24. The Morgan fingerprint density at radius 1 is 0.978 bits per heavy atom. The molecule has 0 saturated carbocycles. The number of carbonyl (C=O) groups excluding carboxylic acids is 1. The number of benzene rings is 4. The fourth-order valence-corrected chi connectivity index (χ4v) is 6.12. The Morgan fingerprint density at radius 2 is 1.62 bits per heavy atom. The van der Waals surface area contributed by atoms with E-state index >= 15 is 0 Å². The zero-order chi connectivity index (χ0) is 32.8. The molecule has 0 saturated heterocycles.